The van der Waals surface area contributed by atoms with E-state index in [-0.39, 0.29) is 20.8 Å². The number of halogens is 3. The Morgan fingerprint density at radius 1 is 1.22 bits per heavy atom. The Labute approximate surface area is 150 Å². The van der Waals surface area contributed by atoms with E-state index in [1.54, 1.807) is 7.11 Å². The number of carbonyl (C=O) groups is 1. The lowest BCUT2D eigenvalue weighted by Gasteiger charge is -2.23. The average molecular weight is 404 g/mol. The monoisotopic (exact) mass is 402 g/mol. The number of sulfonamides is 1. The van der Waals surface area contributed by atoms with E-state index in [2.05, 4.69) is 5.32 Å². The van der Waals surface area contributed by atoms with Crippen molar-refractivity contribution in [3.8, 4) is 0 Å². The van der Waals surface area contributed by atoms with Gasteiger partial charge in [0.1, 0.15) is 6.54 Å². The van der Waals surface area contributed by atoms with Crippen LogP contribution < -0.4 is 9.62 Å². The molecule has 130 valence electrons. The summed E-state index contributed by atoms with van der Waals surface area (Å²) in [6.45, 7) is 0.456. The zero-order chi connectivity index (χ0) is 17.6. The molecule has 6 nitrogen and oxygen atoms in total. The molecule has 0 aliphatic heterocycles. The van der Waals surface area contributed by atoms with Crippen LogP contribution in [0.1, 0.15) is 6.42 Å². The summed E-state index contributed by atoms with van der Waals surface area (Å²) in [4.78, 5) is 11.9. The predicted molar refractivity (Wildman–Crippen MR) is 93.2 cm³/mol. The molecule has 0 bridgehead atoms. The number of amides is 1. The van der Waals surface area contributed by atoms with Gasteiger partial charge >= 0.3 is 0 Å². The highest BCUT2D eigenvalue weighted by Gasteiger charge is 2.24. The van der Waals surface area contributed by atoms with Gasteiger partial charge in [-0.2, -0.15) is 0 Å². The molecule has 23 heavy (non-hydrogen) atoms. The van der Waals surface area contributed by atoms with E-state index in [1.165, 1.54) is 12.1 Å². The summed E-state index contributed by atoms with van der Waals surface area (Å²) >= 11 is 17.8. The van der Waals surface area contributed by atoms with Gasteiger partial charge < -0.3 is 10.1 Å². The minimum atomic E-state index is -3.74. The zero-order valence-electron chi connectivity index (χ0n) is 12.6. The minimum absolute atomic E-state index is 0.0806. The maximum atomic E-state index is 12.0. The molecular weight excluding hydrogens is 387 g/mol. The van der Waals surface area contributed by atoms with Crippen LogP contribution >= 0.6 is 34.8 Å². The molecule has 0 atom stereocenters. The van der Waals surface area contributed by atoms with E-state index in [9.17, 15) is 13.2 Å². The second kappa shape index (κ2) is 8.94. The van der Waals surface area contributed by atoms with Gasteiger partial charge in [-0.3, -0.25) is 9.10 Å². The molecule has 0 aliphatic carbocycles. The first kappa shape index (κ1) is 20.3. The summed E-state index contributed by atoms with van der Waals surface area (Å²) in [6, 6.07) is 2.64. The standard InChI is InChI=1S/C13H17Cl3N2O4S/c1-22-5-3-4-17-13(19)8-18(23(2,20)21)12-7-10(15)9(14)6-11(12)16/h6-7H,3-5,8H2,1-2H3,(H,17,19). The molecule has 0 saturated carbocycles. The minimum Gasteiger partial charge on any atom is -0.385 e. The second-order valence-corrected chi connectivity index (χ2v) is 7.81. The van der Waals surface area contributed by atoms with Crippen LogP contribution in [0.5, 0.6) is 0 Å². The van der Waals surface area contributed by atoms with Crippen LogP contribution in [0.15, 0.2) is 12.1 Å². The van der Waals surface area contributed by atoms with E-state index in [0.29, 0.717) is 19.6 Å². The van der Waals surface area contributed by atoms with Crippen LogP contribution in [-0.2, 0) is 19.6 Å². The highest BCUT2D eigenvalue weighted by Crippen LogP contribution is 2.35. The molecule has 0 fully saturated rings. The van der Waals surface area contributed by atoms with Crippen molar-refractivity contribution in [3.63, 3.8) is 0 Å². The predicted octanol–water partition coefficient (Wildman–Crippen LogP) is 2.57. The van der Waals surface area contributed by atoms with Crippen molar-refractivity contribution in [1.82, 2.24) is 5.32 Å². The van der Waals surface area contributed by atoms with Gasteiger partial charge in [0.05, 0.1) is 27.0 Å². The first-order valence-corrected chi connectivity index (χ1v) is 9.53. The van der Waals surface area contributed by atoms with Gasteiger partial charge in [0.2, 0.25) is 15.9 Å². The largest absolute Gasteiger partial charge is 0.385 e. The maximum absolute atomic E-state index is 12.0. The van der Waals surface area contributed by atoms with Crippen LogP contribution in [0.4, 0.5) is 5.69 Å². The van der Waals surface area contributed by atoms with Gasteiger partial charge in [-0.15, -0.1) is 0 Å². The van der Waals surface area contributed by atoms with Gasteiger partial charge in [-0.25, -0.2) is 8.42 Å². The molecule has 0 aromatic heterocycles. The Morgan fingerprint density at radius 3 is 2.39 bits per heavy atom. The summed E-state index contributed by atoms with van der Waals surface area (Å²) < 4.78 is 29.7. The zero-order valence-corrected chi connectivity index (χ0v) is 15.7. The molecule has 1 rings (SSSR count). The summed E-state index contributed by atoms with van der Waals surface area (Å²) in [5, 5.41) is 3.02. The number of methoxy groups -OCH3 is 1. The fourth-order valence-corrected chi connectivity index (χ4v) is 3.27. The molecule has 0 spiro atoms. The van der Waals surface area contributed by atoms with Crippen molar-refractivity contribution in [1.29, 1.82) is 0 Å². The normalized spacial score (nSPS) is 11.3. The van der Waals surface area contributed by atoms with Gasteiger partial charge in [0, 0.05) is 20.3 Å². The first-order chi connectivity index (χ1) is 10.7. The molecule has 0 saturated heterocycles. The van der Waals surface area contributed by atoms with Crippen molar-refractivity contribution >= 4 is 56.4 Å². The van der Waals surface area contributed by atoms with Crippen LogP contribution in [0, 0.1) is 0 Å². The van der Waals surface area contributed by atoms with Crippen LogP contribution in [-0.4, -0.2) is 47.4 Å². The lowest BCUT2D eigenvalue weighted by molar-refractivity contribution is -0.119. The molecule has 10 heteroatoms. The van der Waals surface area contributed by atoms with Crippen LogP contribution in [0.2, 0.25) is 15.1 Å². The lowest BCUT2D eigenvalue weighted by Crippen LogP contribution is -2.41. The third-order valence-electron chi connectivity index (χ3n) is 2.79. The maximum Gasteiger partial charge on any atom is 0.240 e. The van der Waals surface area contributed by atoms with E-state index in [1.807, 2.05) is 0 Å². The fraction of sp³-hybridized carbons (Fsp3) is 0.462. The topological polar surface area (TPSA) is 75.7 Å². The summed E-state index contributed by atoms with van der Waals surface area (Å²) in [6.07, 6.45) is 1.60. The highest BCUT2D eigenvalue weighted by molar-refractivity contribution is 7.92. The SMILES string of the molecule is COCCCNC(=O)CN(c1cc(Cl)c(Cl)cc1Cl)S(C)(=O)=O. The number of benzene rings is 1. The lowest BCUT2D eigenvalue weighted by atomic mass is 10.3. The van der Waals surface area contributed by atoms with Crippen LogP contribution in [0.25, 0.3) is 0 Å². The van der Waals surface area contributed by atoms with Crippen molar-refractivity contribution in [2.75, 3.05) is 37.4 Å². The summed E-state index contributed by atoms with van der Waals surface area (Å²) in [7, 11) is -2.18. The number of ether oxygens (including phenoxy) is 1. The molecule has 1 N–H and O–H groups in total. The number of anilines is 1. The van der Waals surface area contributed by atoms with Crippen LogP contribution in [0.3, 0.4) is 0 Å². The Hall–Kier alpha value is -0.730. The Morgan fingerprint density at radius 2 is 1.83 bits per heavy atom. The number of nitrogens with zero attached hydrogens (tertiary/aromatic N) is 1. The smallest absolute Gasteiger partial charge is 0.240 e. The van der Waals surface area contributed by atoms with E-state index in [4.69, 9.17) is 39.5 Å². The molecule has 0 unspecified atom stereocenters. The molecule has 0 heterocycles. The van der Waals surface area contributed by atoms with Gasteiger partial charge in [-0.05, 0) is 18.6 Å². The fourth-order valence-electron chi connectivity index (χ4n) is 1.71. The number of hydrogen-bond acceptors (Lipinski definition) is 4. The third-order valence-corrected chi connectivity index (χ3v) is 4.94. The Kier molecular flexibility index (Phi) is 7.89. The number of carbonyl (C=O) groups excluding carboxylic acids is 1. The van der Waals surface area contributed by atoms with Crippen molar-refractivity contribution in [3.05, 3.63) is 27.2 Å². The van der Waals surface area contributed by atoms with E-state index < -0.39 is 22.5 Å². The van der Waals surface area contributed by atoms with E-state index >= 15 is 0 Å². The first-order valence-electron chi connectivity index (χ1n) is 6.54. The molecule has 0 aliphatic rings. The number of rotatable bonds is 8. The summed E-state index contributed by atoms with van der Waals surface area (Å²) in [5.41, 5.74) is 0.0932. The Bertz CT molecular complexity index is 667. The van der Waals surface area contributed by atoms with Gasteiger partial charge in [0.15, 0.2) is 0 Å². The van der Waals surface area contributed by atoms with Crippen molar-refractivity contribution < 1.29 is 17.9 Å². The average Bonchev–Trinajstić information content (AvgIpc) is 2.44. The molecule has 1 amide bonds. The second-order valence-electron chi connectivity index (χ2n) is 4.68. The van der Waals surface area contributed by atoms with Gasteiger partial charge in [0.25, 0.3) is 0 Å². The molecular formula is C13H17Cl3N2O4S. The van der Waals surface area contributed by atoms with Crippen molar-refractivity contribution in [2.45, 2.75) is 6.42 Å². The molecule has 1 aromatic carbocycles. The molecule has 0 radical (unpaired) electrons. The number of nitrogens with one attached hydrogen (secondary N) is 1. The summed E-state index contributed by atoms with van der Waals surface area (Å²) in [5.74, 6) is -0.464. The third kappa shape index (κ3) is 6.35. The highest BCUT2D eigenvalue weighted by atomic mass is 35.5. The van der Waals surface area contributed by atoms with E-state index in [0.717, 1.165) is 10.6 Å². The Balaban J connectivity index is 2.95. The van der Waals surface area contributed by atoms with Crippen molar-refractivity contribution in [2.24, 2.45) is 0 Å². The number of hydrogen-bond donors (Lipinski definition) is 1. The molecule has 1 aromatic rings. The van der Waals surface area contributed by atoms with Gasteiger partial charge in [-0.1, -0.05) is 34.8 Å². The quantitative estimate of drug-likeness (QED) is 0.535.